The SMILES string of the molecule is Cc1ccc(-c2ccc(C=CC(C)(C)S(C)(=O)=O)nc2[C@H](Cc2cc(F)cc(F)c2)NC(=O)Cn2nc(C(F)(F)F)c3c2C(F)(F)[C@@H]2C[C@H]32)c2c1c(N(C(=O)CCCCOC(=O)[C@@H](N)C(C)C)S(C)(=O)=O)nn2CC(F)(F)F. The third kappa shape index (κ3) is 12.5. The summed E-state index contributed by atoms with van der Waals surface area (Å²) in [4.78, 5) is 45.2. The number of nitrogens with zero attached hydrogens (tertiary/aromatic N) is 6. The minimum atomic E-state index is -5.22. The van der Waals surface area contributed by atoms with Crippen LogP contribution in [-0.4, -0.2) is 95.2 Å². The summed E-state index contributed by atoms with van der Waals surface area (Å²) in [6.07, 6.45) is -7.84. The number of carbonyl (C=O) groups is 3. The van der Waals surface area contributed by atoms with Crippen molar-refractivity contribution in [3.63, 3.8) is 0 Å². The van der Waals surface area contributed by atoms with Crippen LogP contribution in [0.5, 0.6) is 0 Å². The first-order valence-corrected chi connectivity index (χ1v) is 27.9. The number of pyridine rings is 1. The van der Waals surface area contributed by atoms with Crippen LogP contribution in [0.15, 0.2) is 48.5 Å². The molecule has 0 radical (unpaired) electrons. The molecule has 2 aromatic carbocycles. The van der Waals surface area contributed by atoms with E-state index in [2.05, 4.69) is 20.5 Å². The van der Waals surface area contributed by atoms with Gasteiger partial charge in [-0.25, -0.2) is 25.6 Å². The number of unbranched alkanes of at least 4 members (excludes halogenated alkanes) is 1. The summed E-state index contributed by atoms with van der Waals surface area (Å²) in [5.41, 5.74) is 0.720. The number of fused-ring (bicyclic) bond motifs is 4. The van der Waals surface area contributed by atoms with Gasteiger partial charge in [0.2, 0.25) is 21.8 Å². The molecule has 16 nitrogen and oxygen atoms in total. The van der Waals surface area contributed by atoms with Crippen LogP contribution < -0.4 is 15.4 Å². The molecular weight excluding hydrogens is 1090 g/mol. The van der Waals surface area contributed by atoms with Crippen LogP contribution in [0.2, 0.25) is 0 Å². The van der Waals surface area contributed by atoms with Crippen molar-refractivity contribution < 1.29 is 79.9 Å². The number of nitrogens with two attached hydrogens (primary N) is 1. The molecule has 2 aliphatic rings. The molecule has 0 aliphatic heterocycles. The van der Waals surface area contributed by atoms with Crippen LogP contribution in [-0.2, 0) is 70.6 Å². The van der Waals surface area contributed by atoms with Crippen LogP contribution in [0.25, 0.3) is 28.1 Å². The van der Waals surface area contributed by atoms with E-state index in [0.29, 0.717) is 17.0 Å². The number of ether oxygens (including phenoxy) is 1. The van der Waals surface area contributed by atoms with Gasteiger partial charge in [0, 0.05) is 46.7 Å². The minimum Gasteiger partial charge on any atom is -0.465 e. The number of hydrogen-bond acceptors (Lipinski definition) is 12. The predicted molar refractivity (Wildman–Crippen MR) is 265 cm³/mol. The van der Waals surface area contributed by atoms with Gasteiger partial charge in [-0.15, -0.1) is 0 Å². The predicted octanol–water partition coefficient (Wildman–Crippen LogP) is 8.60. The number of carbonyl (C=O) groups excluding carboxylic acids is 3. The summed E-state index contributed by atoms with van der Waals surface area (Å²) < 4.78 is 205. The van der Waals surface area contributed by atoms with E-state index in [4.69, 9.17) is 10.5 Å². The van der Waals surface area contributed by atoms with E-state index in [1.165, 1.54) is 57.2 Å². The lowest BCUT2D eigenvalue weighted by molar-refractivity contribution is -0.146. The van der Waals surface area contributed by atoms with Crippen LogP contribution >= 0.6 is 0 Å². The molecule has 1 saturated carbocycles. The molecule has 5 aromatic rings. The Labute approximate surface area is 441 Å². The first kappa shape index (κ1) is 59.2. The number of amides is 2. The second kappa shape index (κ2) is 21.3. The van der Waals surface area contributed by atoms with Gasteiger partial charge in [-0.3, -0.25) is 28.7 Å². The third-order valence-corrected chi connectivity index (χ3v) is 16.6. The molecule has 3 N–H and O–H groups in total. The average molecular weight is 1150 g/mol. The summed E-state index contributed by atoms with van der Waals surface area (Å²) in [5, 5.41) is 9.65. The summed E-state index contributed by atoms with van der Waals surface area (Å²) in [6.45, 7) is 4.02. The largest absolute Gasteiger partial charge is 0.465 e. The van der Waals surface area contributed by atoms with Crippen molar-refractivity contribution in [2.45, 2.75) is 121 Å². The zero-order chi connectivity index (χ0) is 58.0. The minimum absolute atomic E-state index is 0.0329. The highest BCUT2D eigenvalue weighted by Gasteiger charge is 2.68. The number of benzene rings is 2. The van der Waals surface area contributed by atoms with Crippen molar-refractivity contribution >= 4 is 60.4 Å². The van der Waals surface area contributed by atoms with Crippen molar-refractivity contribution in [3.05, 3.63) is 99.6 Å². The Morgan fingerprint density at radius 2 is 1.58 bits per heavy atom. The molecule has 7 rings (SSSR count). The number of aryl methyl sites for hydroxylation is 1. The molecule has 0 unspecified atom stereocenters. The maximum atomic E-state index is 15.7. The molecule has 2 aliphatic carbocycles. The standard InChI is InChI=1S/C50H54F10N8O8S2/c1-25(2)40(61)46(71)76-17-9-8-10-37(70)68(78(7,74)75)45-38-26(3)11-13-32(42(38)67(65-45)24-48(53,54)55)31-14-12-30(15-16-47(4,5)77(6,72)73)62-41(31)35(20-27-18-28(51)21-29(52)19-27)63-36(69)23-66-44-39(43(64-66)50(58,59)60)33-22-34(33)49(44,56)57/h11-16,18-19,21,25,33-35,40H,8-10,17,20,22-24,61H2,1-7H3,(H,63,69)/t33-,34+,35-,40-/m0/s1. The highest BCUT2D eigenvalue weighted by molar-refractivity contribution is 7.93. The summed E-state index contributed by atoms with van der Waals surface area (Å²) in [5.74, 6) is -13.0. The Balaban J connectivity index is 1.41. The second-order valence-electron chi connectivity index (χ2n) is 20.4. The molecule has 3 heterocycles. The van der Waals surface area contributed by atoms with Crippen molar-refractivity contribution in [3.8, 4) is 11.1 Å². The highest BCUT2D eigenvalue weighted by Crippen LogP contribution is 2.68. The maximum absolute atomic E-state index is 15.7. The van der Waals surface area contributed by atoms with E-state index in [9.17, 15) is 66.3 Å². The third-order valence-electron chi connectivity index (χ3n) is 13.6. The summed E-state index contributed by atoms with van der Waals surface area (Å²) >= 11 is 0. The van der Waals surface area contributed by atoms with Crippen molar-refractivity contribution in [1.29, 1.82) is 0 Å². The van der Waals surface area contributed by atoms with Gasteiger partial charge in [0.1, 0.15) is 36.5 Å². The van der Waals surface area contributed by atoms with Gasteiger partial charge in [0.05, 0.1) is 40.6 Å². The zero-order valence-corrected chi connectivity index (χ0v) is 44.5. The number of nitrogens with one attached hydrogen (secondary N) is 1. The lowest BCUT2D eigenvalue weighted by Crippen LogP contribution is -2.37. The van der Waals surface area contributed by atoms with Gasteiger partial charge < -0.3 is 15.8 Å². The molecular formula is C50H54F10N8O8S2. The zero-order valence-electron chi connectivity index (χ0n) is 42.9. The number of rotatable bonds is 20. The number of aromatic nitrogens is 5. The molecule has 78 heavy (non-hydrogen) atoms. The van der Waals surface area contributed by atoms with E-state index in [-0.39, 0.29) is 79.8 Å². The fraction of sp³-hybridized carbons (Fsp3) is 0.480. The van der Waals surface area contributed by atoms with E-state index >= 15 is 8.78 Å². The van der Waals surface area contributed by atoms with Crippen molar-refractivity contribution in [1.82, 2.24) is 29.9 Å². The van der Waals surface area contributed by atoms with Gasteiger partial charge in [-0.2, -0.15) is 49.6 Å². The van der Waals surface area contributed by atoms with Gasteiger partial charge >= 0.3 is 18.3 Å². The van der Waals surface area contributed by atoms with Gasteiger partial charge in [-0.1, -0.05) is 38.1 Å². The molecule has 2 amide bonds. The molecule has 4 atom stereocenters. The average Bonchev–Trinajstić information content (AvgIpc) is 3.83. The summed E-state index contributed by atoms with van der Waals surface area (Å²) in [6, 6.07) is 4.60. The molecule has 0 spiro atoms. The van der Waals surface area contributed by atoms with Crippen molar-refractivity contribution in [2.24, 2.45) is 17.6 Å². The van der Waals surface area contributed by atoms with Crippen LogP contribution in [0.3, 0.4) is 0 Å². The number of hydrogen-bond donors (Lipinski definition) is 2. The fourth-order valence-corrected chi connectivity index (χ4v) is 10.4. The number of alkyl halides is 8. The Hall–Kier alpha value is -6.42. The number of halogens is 10. The van der Waals surface area contributed by atoms with E-state index in [1.54, 1.807) is 13.8 Å². The molecule has 0 bridgehead atoms. The van der Waals surface area contributed by atoms with Crippen LogP contribution in [0.1, 0.15) is 105 Å². The Kier molecular flexibility index (Phi) is 16.2. The molecule has 3 aromatic heterocycles. The lowest BCUT2D eigenvalue weighted by atomic mass is 9.92. The lowest BCUT2D eigenvalue weighted by Gasteiger charge is -2.24. The molecule has 424 valence electrons. The number of anilines is 1. The molecule has 1 fully saturated rings. The Bertz CT molecular complexity index is 3430. The van der Waals surface area contributed by atoms with E-state index < -0.39 is 150 Å². The first-order chi connectivity index (χ1) is 35.9. The van der Waals surface area contributed by atoms with Crippen LogP contribution in [0.4, 0.5) is 49.7 Å². The van der Waals surface area contributed by atoms with Crippen molar-refractivity contribution in [2.75, 3.05) is 23.4 Å². The normalized spacial score (nSPS) is 17.3. The maximum Gasteiger partial charge on any atom is 0.435 e. The number of sulfonamides is 1. The van der Waals surface area contributed by atoms with Crippen LogP contribution in [0, 0.1) is 30.4 Å². The monoisotopic (exact) mass is 1150 g/mol. The fourth-order valence-electron chi connectivity index (χ4n) is 9.22. The van der Waals surface area contributed by atoms with Gasteiger partial charge in [0.25, 0.3) is 5.92 Å². The van der Waals surface area contributed by atoms with E-state index in [0.717, 1.165) is 18.4 Å². The smallest absolute Gasteiger partial charge is 0.435 e. The molecule has 28 heteroatoms. The number of esters is 1. The van der Waals surface area contributed by atoms with Gasteiger partial charge in [-0.05, 0) is 93.7 Å². The van der Waals surface area contributed by atoms with Gasteiger partial charge in [0.15, 0.2) is 21.3 Å². The number of sulfone groups is 1. The van der Waals surface area contributed by atoms with E-state index in [1.807, 2.05) is 0 Å². The summed E-state index contributed by atoms with van der Waals surface area (Å²) in [7, 11) is -8.55. The first-order valence-electron chi connectivity index (χ1n) is 24.1. The molecule has 0 saturated heterocycles. The highest BCUT2D eigenvalue weighted by atomic mass is 32.2. The Morgan fingerprint density at radius 3 is 2.17 bits per heavy atom. The quantitative estimate of drug-likeness (QED) is 0.0425. The Morgan fingerprint density at radius 1 is 0.936 bits per heavy atom. The topological polar surface area (TPSA) is 219 Å². The second-order valence-corrected chi connectivity index (χ2v) is 24.8.